The van der Waals surface area contributed by atoms with Gasteiger partial charge >= 0.3 is 0 Å². The van der Waals surface area contributed by atoms with E-state index in [9.17, 15) is 5.11 Å². The number of H-pyrrole nitrogens is 1. The van der Waals surface area contributed by atoms with Crippen LogP contribution in [-0.4, -0.2) is 21.8 Å². The molecule has 1 heterocycles. The van der Waals surface area contributed by atoms with E-state index < -0.39 is 6.10 Å². The molecule has 0 saturated carbocycles. The Bertz CT molecular complexity index is 775. The highest BCUT2D eigenvalue weighted by Gasteiger charge is 2.10. The van der Waals surface area contributed by atoms with Crippen molar-refractivity contribution in [3.05, 3.63) is 77.0 Å². The molecule has 2 aromatic carbocycles. The van der Waals surface area contributed by atoms with Crippen LogP contribution in [0.3, 0.4) is 0 Å². The number of nitrogens with zero attached hydrogens (tertiary/aromatic N) is 1. The Labute approximate surface area is 142 Å². The molecule has 0 aliphatic carbocycles. The van der Waals surface area contributed by atoms with Crippen molar-refractivity contribution in [3.63, 3.8) is 0 Å². The lowest BCUT2D eigenvalue weighted by molar-refractivity contribution is 0.174. The standard InChI is InChI=1S/C20H23N3O/c1-14-3-7-16(8-4-14)19(24)13-21-11-18-12-22-23-20(18)17-9-5-15(2)6-10-17/h3-10,12,19,21,24H,11,13H2,1-2H3,(H,22,23). The largest absolute Gasteiger partial charge is 0.387 e. The van der Waals surface area contributed by atoms with E-state index in [1.165, 1.54) is 11.1 Å². The predicted molar refractivity (Wildman–Crippen MR) is 96.6 cm³/mol. The highest BCUT2D eigenvalue weighted by atomic mass is 16.3. The molecule has 3 rings (SSSR count). The molecule has 4 heteroatoms. The van der Waals surface area contributed by atoms with E-state index in [1.54, 1.807) is 0 Å². The number of nitrogens with one attached hydrogen (secondary N) is 2. The maximum Gasteiger partial charge on any atom is 0.0914 e. The van der Waals surface area contributed by atoms with Gasteiger partial charge in [0.15, 0.2) is 0 Å². The molecular formula is C20H23N3O. The van der Waals surface area contributed by atoms with Crippen LogP contribution in [0.25, 0.3) is 11.3 Å². The SMILES string of the molecule is Cc1ccc(-c2[nH]ncc2CNCC(O)c2ccc(C)cc2)cc1. The molecule has 3 aromatic rings. The molecule has 0 fully saturated rings. The van der Waals surface area contributed by atoms with E-state index in [2.05, 4.69) is 46.7 Å². The third-order valence-corrected chi connectivity index (χ3v) is 4.17. The fraction of sp³-hybridized carbons (Fsp3) is 0.250. The first-order valence-corrected chi connectivity index (χ1v) is 8.18. The first-order chi connectivity index (χ1) is 11.6. The molecule has 0 saturated heterocycles. The van der Waals surface area contributed by atoms with Gasteiger partial charge in [0.2, 0.25) is 0 Å². The van der Waals surface area contributed by atoms with Crippen LogP contribution < -0.4 is 5.32 Å². The van der Waals surface area contributed by atoms with Crippen molar-refractivity contribution >= 4 is 0 Å². The number of aryl methyl sites for hydroxylation is 2. The van der Waals surface area contributed by atoms with Crippen LogP contribution in [0.2, 0.25) is 0 Å². The summed E-state index contributed by atoms with van der Waals surface area (Å²) in [6.45, 7) is 5.27. The molecule has 0 bridgehead atoms. The Morgan fingerprint density at radius 2 is 1.62 bits per heavy atom. The second-order valence-corrected chi connectivity index (χ2v) is 6.19. The minimum Gasteiger partial charge on any atom is -0.387 e. The number of aromatic nitrogens is 2. The topological polar surface area (TPSA) is 60.9 Å². The molecule has 0 radical (unpaired) electrons. The lowest BCUT2D eigenvalue weighted by atomic mass is 10.1. The Morgan fingerprint density at radius 3 is 2.29 bits per heavy atom. The smallest absolute Gasteiger partial charge is 0.0914 e. The molecule has 1 atom stereocenters. The third-order valence-electron chi connectivity index (χ3n) is 4.17. The molecule has 1 unspecified atom stereocenters. The van der Waals surface area contributed by atoms with Gasteiger partial charge in [-0.25, -0.2) is 0 Å². The lowest BCUT2D eigenvalue weighted by Gasteiger charge is -2.12. The molecule has 3 N–H and O–H groups in total. The average Bonchev–Trinajstić information content (AvgIpc) is 3.04. The summed E-state index contributed by atoms with van der Waals surface area (Å²) in [7, 11) is 0. The maximum atomic E-state index is 10.3. The Morgan fingerprint density at radius 1 is 1.00 bits per heavy atom. The first-order valence-electron chi connectivity index (χ1n) is 8.18. The second kappa shape index (κ2) is 7.43. The molecule has 24 heavy (non-hydrogen) atoms. The minimum absolute atomic E-state index is 0.502. The van der Waals surface area contributed by atoms with Crippen LogP contribution in [0, 0.1) is 13.8 Å². The maximum absolute atomic E-state index is 10.3. The van der Waals surface area contributed by atoms with Gasteiger partial charge in [0.1, 0.15) is 0 Å². The second-order valence-electron chi connectivity index (χ2n) is 6.19. The summed E-state index contributed by atoms with van der Waals surface area (Å²) in [5.74, 6) is 0. The van der Waals surface area contributed by atoms with Crippen LogP contribution in [-0.2, 0) is 6.54 Å². The number of hydrogen-bond acceptors (Lipinski definition) is 3. The van der Waals surface area contributed by atoms with Crippen LogP contribution in [0.5, 0.6) is 0 Å². The van der Waals surface area contributed by atoms with Crippen LogP contribution >= 0.6 is 0 Å². The van der Waals surface area contributed by atoms with Gasteiger partial charge < -0.3 is 10.4 Å². The van der Waals surface area contributed by atoms with Crippen molar-refractivity contribution < 1.29 is 5.11 Å². The molecule has 1 aromatic heterocycles. The van der Waals surface area contributed by atoms with E-state index in [0.29, 0.717) is 13.1 Å². The van der Waals surface area contributed by atoms with Crippen molar-refractivity contribution in [3.8, 4) is 11.3 Å². The summed E-state index contributed by atoms with van der Waals surface area (Å²) in [5, 5.41) is 20.8. The first kappa shape index (κ1) is 16.4. The summed E-state index contributed by atoms with van der Waals surface area (Å²) in [5.41, 5.74) is 6.59. The van der Waals surface area contributed by atoms with Crippen molar-refractivity contribution in [2.24, 2.45) is 0 Å². The fourth-order valence-corrected chi connectivity index (χ4v) is 2.67. The number of aliphatic hydroxyl groups excluding tert-OH is 1. The van der Waals surface area contributed by atoms with E-state index >= 15 is 0 Å². The quantitative estimate of drug-likeness (QED) is 0.651. The molecule has 0 aliphatic heterocycles. The Hall–Kier alpha value is -2.43. The van der Waals surface area contributed by atoms with Crippen LogP contribution in [0.4, 0.5) is 0 Å². The minimum atomic E-state index is -0.514. The van der Waals surface area contributed by atoms with E-state index in [4.69, 9.17) is 0 Å². The normalized spacial score (nSPS) is 12.3. The number of benzene rings is 2. The van der Waals surface area contributed by atoms with Gasteiger partial charge in [-0.1, -0.05) is 59.7 Å². The van der Waals surface area contributed by atoms with Crippen LogP contribution in [0.1, 0.15) is 28.4 Å². The molecule has 4 nitrogen and oxygen atoms in total. The van der Waals surface area contributed by atoms with Gasteiger partial charge in [0, 0.05) is 18.7 Å². The summed E-state index contributed by atoms with van der Waals surface area (Å²) >= 11 is 0. The highest BCUT2D eigenvalue weighted by Crippen LogP contribution is 2.21. The summed E-state index contributed by atoms with van der Waals surface area (Å²) in [6, 6.07) is 16.3. The monoisotopic (exact) mass is 321 g/mol. The van der Waals surface area contributed by atoms with Gasteiger partial charge in [0.25, 0.3) is 0 Å². The summed E-state index contributed by atoms with van der Waals surface area (Å²) in [4.78, 5) is 0. The Balaban J connectivity index is 1.60. The average molecular weight is 321 g/mol. The zero-order valence-corrected chi connectivity index (χ0v) is 14.1. The highest BCUT2D eigenvalue weighted by molar-refractivity contribution is 5.62. The van der Waals surface area contributed by atoms with Crippen molar-refractivity contribution in [1.82, 2.24) is 15.5 Å². The van der Waals surface area contributed by atoms with Crippen LogP contribution in [0.15, 0.2) is 54.7 Å². The predicted octanol–water partition coefficient (Wildman–Crippen LogP) is 3.52. The lowest BCUT2D eigenvalue weighted by Crippen LogP contribution is -2.21. The van der Waals surface area contributed by atoms with Gasteiger partial charge in [-0.3, -0.25) is 5.10 Å². The summed E-state index contributed by atoms with van der Waals surface area (Å²) < 4.78 is 0. The molecule has 0 aliphatic rings. The van der Waals surface area contributed by atoms with Gasteiger partial charge in [0.05, 0.1) is 18.0 Å². The van der Waals surface area contributed by atoms with E-state index in [0.717, 1.165) is 22.4 Å². The van der Waals surface area contributed by atoms with Crippen molar-refractivity contribution in [1.29, 1.82) is 0 Å². The van der Waals surface area contributed by atoms with Crippen molar-refractivity contribution in [2.45, 2.75) is 26.5 Å². The number of hydrogen-bond donors (Lipinski definition) is 3. The third kappa shape index (κ3) is 3.91. The van der Waals surface area contributed by atoms with E-state index in [-0.39, 0.29) is 0 Å². The Kier molecular flexibility index (Phi) is 5.08. The number of aliphatic hydroxyl groups is 1. The zero-order chi connectivity index (χ0) is 16.9. The molecule has 124 valence electrons. The fourth-order valence-electron chi connectivity index (χ4n) is 2.67. The molecule has 0 spiro atoms. The molecular weight excluding hydrogens is 298 g/mol. The summed E-state index contributed by atoms with van der Waals surface area (Å²) in [6.07, 6.45) is 1.32. The van der Waals surface area contributed by atoms with E-state index in [1.807, 2.05) is 37.4 Å². The number of rotatable bonds is 6. The molecule has 0 amide bonds. The van der Waals surface area contributed by atoms with Gasteiger partial charge in [-0.15, -0.1) is 0 Å². The van der Waals surface area contributed by atoms with Gasteiger partial charge in [-0.05, 0) is 25.0 Å². The zero-order valence-electron chi connectivity index (χ0n) is 14.1. The van der Waals surface area contributed by atoms with Crippen molar-refractivity contribution in [2.75, 3.05) is 6.54 Å². The van der Waals surface area contributed by atoms with Gasteiger partial charge in [-0.2, -0.15) is 5.10 Å². The number of aromatic amines is 1.